The number of benzene rings is 1. The largest absolute Gasteiger partial charge is 0.416 e. The molecule has 27 heavy (non-hydrogen) atoms. The second-order valence-electron chi connectivity index (χ2n) is 5.74. The Balaban J connectivity index is 0.00000364. The number of aromatic nitrogens is 1. The second kappa shape index (κ2) is 11.8. The minimum absolute atomic E-state index is 0. The second-order valence-corrected chi connectivity index (χ2v) is 5.74. The lowest BCUT2D eigenvalue weighted by Crippen LogP contribution is -2.38. The summed E-state index contributed by atoms with van der Waals surface area (Å²) in [6, 6.07) is 9.14. The summed E-state index contributed by atoms with van der Waals surface area (Å²) >= 11 is 0. The number of hydrogen-bond donors (Lipinski definition) is 2. The molecule has 0 saturated heterocycles. The topological polar surface area (TPSA) is 49.3 Å². The molecule has 0 radical (unpaired) electrons. The number of nitrogens with one attached hydrogen (secondary N) is 2. The van der Waals surface area contributed by atoms with Crippen molar-refractivity contribution in [1.82, 2.24) is 15.6 Å². The van der Waals surface area contributed by atoms with Crippen LogP contribution in [0.15, 0.2) is 53.8 Å². The highest BCUT2D eigenvalue weighted by molar-refractivity contribution is 14.0. The maximum absolute atomic E-state index is 12.6. The molecule has 1 aromatic carbocycles. The molecule has 0 atom stereocenters. The van der Waals surface area contributed by atoms with Gasteiger partial charge in [-0.3, -0.25) is 9.98 Å². The summed E-state index contributed by atoms with van der Waals surface area (Å²) in [5.74, 6) is 0.698. The molecular formula is C19H24F3IN4. The average molecular weight is 492 g/mol. The number of aliphatic imine (C=N–C) groups is 1. The van der Waals surface area contributed by atoms with Gasteiger partial charge in [0, 0.05) is 32.0 Å². The third kappa shape index (κ3) is 8.59. The molecule has 2 aromatic rings. The van der Waals surface area contributed by atoms with Crippen molar-refractivity contribution < 1.29 is 13.2 Å². The first kappa shape index (κ1) is 23.2. The van der Waals surface area contributed by atoms with Crippen molar-refractivity contribution in [2.75, 3.05) is 19.6 Å². The van der Waals surface area contributed by atoms with Crippen LogP contribution in [0.25, 0.3) is 0 Å². The first-order valence-corrected chi connectivity index (χ1v) is 8.56. The molecule has 0 aliphatic carbocycles. The van der Waals surface area contributed by atoms with Gasteiger partial charge in [0.1, 0.15) is 0 Å². The van der Waals surface area contributed by atoms with Crippen LogP contribution in [0.5, 0.6) is 0 Å². The molecule has 0 aliphatic rings. The molecular weight excluding hydrogens is 468 g/mol. The quantitative estimate of drug-likeness (QED) is 0.349. The lowest BCUT2D eigenvalue weighted by Gasteiger charge is -2.11. The van der Waals surface area contributed by atoms with Gasteiger partial charge in [-0.1, -0.05) is 18.2 Å². The fourth-order valence-corrected chi connectivity index (χ4v) is 2.37. The van der Waals surface area contributed by atoms with Crippen molar-refractivity contribution in [3.63, 3.8) is 0 Å². The number of pyridine rings is 1. The number of nitrogens with zero attached hydrogens (tertiary/aromatic N) is 2. The molecule has 0 fully saturated rings. The highest BCUT2D eigenvalue weighted by atomic mass is 127. The zero-order valence-corrected chi connectivity index (χ0v) is 17.4. The van der Waals surface area contributed by atoms with E-state index in [1.807, 2.05) is 25.3 Å². The van der Waals surface area contributed by atoms with Crippen molar-refractivity contribution in [3.8, 4) is 0 Å². The smallest absolute Gasteiger partial charge is 0.357 e. The van der Waals surface area contributed by atoms with Gasteiger partial charge >= 0.3 is 6.18 Å². The lowest BCUT2D eigenvalue weighted by molar-refractivity contribution is -0.137. The Morgan fingerprint density at radius 1 is 1.04 bits per heavy atom. The minimum atomic E-state index is -4.30. The van der Waals surface area contributed by atoms with Gasteiger partial charge in [0.25, 0.3) is 0 Å². The van der Waals surface area contributed by atoms with Crippen molar-refractivity contribution in [1.29, 1.82) is 0 Å². The van der Waals surface area contributed by atoms with Crippen molar-refractivity contribution >= 4 is 29.9 Å². The van der Waals surface area contributed by atoms with Gasteiger partial charge in [-0.05, 0) is 49.1 Å². The van der Waals surface area contributed by atoms with Gasteiger partial charge in [-0.15, -0.1) is 24.0 Å². The monoisotopic (exact) mass is 492 g/mol. The van der Waals surface area contributed by atoms with Gasteiger partial charge in [-0.2, -0.15) is 13.2 Å². The van der Waals surface area contributed by atoms with Gasteiger partial charge in [0.05, 0.1) is 5.56 Å². The molecule has 1 aromatic heterocycles. The summed E-state index contributed by atoms with van der Waals surface area (Å²) < 4.78 is 37.7. The van der Waals surface area contributed by atoms with E-state index in [1.54, 1.807) is 6.20 Å². The maximum atomic E-state index is 12.6. The standard InChI is InChI=1S/C19H23F3N4.HI/c1-2-24-18(26-13-10-16-4-3-11-23-14-16)25-12-9-15-5-7-17(8-6-15)19(20,21)22;/h3-8,11,14H,2,9-10,12-13H2,1H3,(H2,24,25,26);1H. The van der Waals surface area contributed by atoms with E-state index >= 15 is 0 Å². The highest BCUT2D eigenvalue weighted by Gasteiger charge is 2.29. The van der Waals surface area contributed by atoms with E-state index in [1.165, 1.54) is 12.1 Å². The molecule has 0 unspecified atom stereocenters. The number of alkyl halides is 3. The number of rotatable bonds is 7. The Morgan fingerprint density at radius 2 is 1.78 bits per heavy atom. The summed E-state index contributed by atoms with van der Waals surface area (Å²) in [5.41, 5.74) is 1.34. The molecule has 148 valence electrons. The van der Waals surface area contributed by atoms with Crippen LogP contribution in [-0.4, -0.2) is 30.6 Å². The third-order valence-corrected chi connectivity index (χ3v) is 3.72. The van der Waals surface area contributed by atoms with Gasteiger partial charge in [-0.25, -0.2) is 0 Å². The van der Waals surface area contributed by atoms with Gasteiger partial charge in [0.15, 0.2) is 5.96 Å². The number of guanidine groups is 1. The highest BCUT2D eigenvalue weighted by Crippen LogP contribution is 2.29. The average Bonchev–Trinajstić information content (AvgIpc) is 2.62. The molecule has 0 spiro atoms. The van der Waals surface area contributed by atoms with Gasteiger partial charge < -0.3 is 10.6 Å². The van der Waals surface area contributed by atoms with Crippen molar-refractivity contribution in [2.45, 2.75) is 25.9 Å². The van der Waals surface area contributed by atoms with E-state index in [0.29, 0.717) is 18.9 Å². The molecule has 0 bridgehead atoms. The van der Waals surface area contributed by atoms with Gasteiger partial charge in [0.2, 0.25) is 0 Å². The fourth-order valence-electron chi connectivity index (χ4n) is 2.37. The normalized spacial score (nSPS) is 11.6. The van der Waals surface area contributed by atoms with Crippen LogP contribution < -0.4 is 10.6 Å². The molecule has 2 rings (SSSR count). The fraction of sp³-hybridized carbons (Fsp3) is 0.368. The van der Waals surface area contributed by atoms with E-state index in [-0.39, 0.29) is 24.0 Å². The third-order valence-electron chi connectivity index (χ3n) is 3.72. The summed E-state index contributed by atoms with van der Waals surface area (Å²) in [5, 5.41) is 6.41. The first-order chi connectivity index (χ1) is 12.5. The van der Waals surface area contributed by atoms with E-state index in [0.717, 1.165) is 42.8 Å². The van der Waals surface area contributed by atoms with Crippen LogP contribution >= 0.6 is 24.0 Å². The maximum Gasteiger partial charge on any atom is 0.416 e. The SMILES string of the molecule is CCNC(=NCCc1ccc(C(F)(F)F)cc1)NCCc1cccnc1.I. The zero-order valence-electron chi connectivity index (χ0n) is 15.1. The predicted molar refractivity (Wildman–Crippen MR) is 112 cm³/mol. The predicted octanol–water partition coefficient (Wildman–Crippen LogP) is 4.06. The molecule has 2 N–H and O–H groups in total. The summed E-state index contributed by atoms with van der Waals surface area (Å²) in [4.78, 5) is 8.55. The Morgan fingerprint density at radius 3 is 2.37 bits per heavy atom. The van der Waals surface area contributed by atoms with Crippen LogP contribution in [0.2, 0.25) is 0 Å². The van der Waals surface area contributed by atoms with E-state index < -0.39 is 11.7 Å². The summed E-state index contributed by atoms with van der Waals surface area (Å²) in [6.45, 7) is 3.93. The van der Waals surface area contributed by atoms with Crippen molar-refractivity contribution in [3.05, 3.63) is 65.5 Å². The first-order valence-electron chi connectivity index (χ1n) is 8.56. The Bertz CT molecular complexity index is 688. The Kier molecular flexibility index (Phi) is 10.1. The molecule has 0 saturated carbocycles. The number of hydrogen-bond acceptors (Lipinski definition) is 2. The van der Waals surface area contributed by atoms with Crippen molar-refractivity contribution in [2.24, 2.45) is 4.99 Å². The van der Waals surface area contributed by atoms with Crippen LogP contribution in [0.3, 0.4) is 0 Å². The lowest BCUT2D eigenvalue weighted by atomic mass is 10.1. The Labute approximate surface area is 174 Å². The minimum Gasteiger partial charge on any atom is -0.357 e. The zero-order chi connectivity index (χ0) is 18.8. The van der Waals surface area contributed by atoms with Crippen LogP contribution in [-0.2, 0) is 19.0 Å². The van der Waals surface area contributed by atoms with E-state index in [9.17, 15) is 13.2 Å². The summed E-state index contributed by atoms with van der Waals surface area (Å²) in [6.07, 6.45) is 0.682. The number of halogens is 4. The van der Waals surface area contributed by atoms with E-state index in [4.69, 9.17) is 0 Å². The van der Waals surface area contributed by atoms with Crippen LogP contribution in [0, 0.1) is 0 Å². The van der Waals surface area contributed by atoms with Crippen LogP contribution in [0.4, 0.5) is 13.2 Å². The molecule has 0 aliphatic heterocycles. The molecule has 8 heteroatoms. The van der Waals surface area contributed by atoms with Crippen LogP contribution in [0.1, 0.15) is 23.6 Å². The Hall–Kier alpha value is -1.84. The molecule has 4 nitrogen and oxygen atoms in total. The molecule has 0 amide bonds. The summed E-state index contributed by atoms with van der Waals surface area (Å²) in [7, 11) is 0. The molecule has 1 heterocycles. The van der Waals surface area contributed by atoms with E-state index in [2.05, 4.69) is 20.6 Å².